The Morgan fingerprint density at radius 3 is 2.41 bits per heavy atom. The van der Waals surface area contributed by atoms with Gasteiger partial charge in [-0.15, -0.1) is 11.3 Å². The summed E-state index contributed by atoms with van der Waals surface area (Å²) in [7, 11) is -3.74. The van der Waals surface area contributed by atoms with E-state index in [9.17, 15) is 13.2 Å². The van der Waals surface area contributed by atoms with Crippen molar-refractivity contribution >= 4 is 38.6 Å². The average molecular weight is 396 g/mol. The minimum Gasteiger partial charge on any atom is -0.326 e. The Balaban J connectivity index is 1.77. The molecular formula is C20H16N2O3S2. The van der Waals surface area contributed by atoms with E-state index in [0.29, 0.717) is 16.9 Å². The van der Waals surface area contributed by atoms with Crippen molar-refractivity contribution in [2.24, 2.45) is 0 Å². The van der Waals surface area contributed by atoms with Crippen molar-refractivity contribution in [1.82, 2.24) is 0 Å². The van der Waals surface area contributed by atoms with Gasteiger partial charge in [-0.1, -0.05) is 24.0 Å². The van der Waals surface area contributed by atoms with Gasteiger partial charge in [-0.05, 0) is 53.9 Å². The summed E-state index contributed by atoms with van der Waals surface area (Å²) in [6.07, 6.45) is 0. The van der Waals surface area contributed by atoms with E-state index in [1.165, 1.54) is 19.1 Å². The molecule has 1 amide bonds. The Morgan fingerprint density at radius 2 is 1.74 bits per heavy atom. The van der Waals surface area contributed by atoms with Crippen LogP contribution in [0.2, 0.25) is 0 Å². The molecule has 3 aromatic rings. The van der Waals surface area contributed by atoms with Gasteiger partial charge in [-0.25, -0.2) is 8.42 Å². The van der Waals surface area contributed by atoms with Crippen LogP contribution >= 0.6 is 11.3 Å². The molecule has 0 aliphatic rings. The van der Waals surface area contributed by atoms with E-state index < -0.39 is 10.0 Å². The summed E-state index contributed by atoms with van der Waals surface area (Å²) in [6.45, 7) is 1.39. The molecule has 0 aliphatic carbocycles. The maximum absolute atomic E-state index is 12.6. The Bertz CT molecular complexity index is 1110. The molecule has 0 saturated heterocycles. The molecular weight excluding hydrogens is 380 g/mol. The van der Waals surface area contributed by atoms with Crippen molar-refractivity contribution in [3.8, 4) is 11.8 Å². The van der Waals surface area contributed by atoms with Crippen LogP contribution in [-0.2, 0) is 14.8 Å². The van der Waals surface area contributed by atoms with Crippen molar-refractivity contribution in [3.63, 3.8) is 0 Å². The lowest BCUT2D eigenvalue weighted by Gasteiger charge is -2.09. The first-order valence-corrected chi connectivity index (χ1v) is 10.3. The van der Waals surface area contributed by atoms with E-state index in [2.05, 4.69) is 21.9 Å². The normalized spacial score (nSPS) is 10.6. The van der Waals surface area contributed by atoms with E-state index in [1.807, 2.05) is 23.6 Å². The van der Waals surface area contributed by atoms with E-state index in [-0.39, 0.29) is 10.8 Å². The average Bonchev–Trinajstić information content (AvgIpc) is 3.13. The summed E-state index contributed by atoms with van der Waals surface area (Å²) in [5.41, 5.74) is 1.68. The van der Waals surface area contributed by atoms with Crippen LogP contribution < -0.4 is 10.0 Å². The number of hydrogen-bond donors (Lipinski definition) is 2. The molecule has 7 heteroatoms. The van der Waals surface area contributed by atoms with Gasteiger partial charge in [0, 0.05) is 18.2 Å². The van der Waals surface area contributed by atoms with Gasteiger partial charge >= 0.3 is 0 Å². The third kappa shape index (κ3) is 5.20. The second kappa shape index (κ2) is 8.08. The van der Waals surface area contributed by atoms with Crippen LogP contribution in [0.1, 0.15) is 17.4 Å². The fourth-order valence-corrected chi connectivity index (χ4v) is 3.90. The molecule has 1 heterocycles. The van der Waals surface area contributed by atoms with Gasteiger partial charge in [0.2, 0.25) is 5.91 Å². The van der Waals surface area contributed by atoms with Crippen LogP contribution in [0.25, 0.3) is 0 Å². The SMILES string of the molecule is CC(=O)Nc1ccc(S(=O)(=O)Nc2cccc(C#Cc3cccs3)c2)cc1. The molecule has 5 nitrogen and oxygen atoms in total. The van der Waals surface area contributed by atoms with Crippen molar-refractivity contribution in [3.05, 3.63) is 76.5 Å². The quantitative estimate of drug-likeness (QED) is 0.657. The molecule has 0 unspecified atom stereocenters. The first kappa shape index (κ1) is 18.7. The summed E-state index contributed by atoms with van der Waals surface area (Å²) >= 11 is 1.55. The maximum atomic E-state index is 12.6. The zero-order valence-electron chi connectivity index (χ0n) is 14.4. The number of amides is 1. The lowest BCUT2D eigenvalue weighted by Crippen LogP contribution is -2.13. The smallest absolute Gasteiger partial charge is 0.261 e. The molecule has 0 fully saturated rings. The molecule has 1 aromatic heterocycles. The second-order valence-electron chi connectivity index (χ2n) is 5.62. The number of carbonyl (C=O) groups excluding carboxylic acids is 1. The van der Waals surface area contributed by atoms with Crippen molar-refractivity contribution in [1.29, 1.82) is 0 Å². The lowest BCUT2D eigenvalue weighted by molar-refractivity contribution is -0.114. The van der Waals surface area contributed by atoms with Gasteiger partial charge in [0.1, 0.15) is 0 Å². The van der Waals surface area contributed by atoms with Gasteiger partial charge in [-0.3, -0.25) is 9.52 Å². The molecule has 0 atom stereocenters. The zero-order valence-corrected chi connectivity index (χ0v) is 16.0. The van der Waals surface area contributed by atoms with Crippen LogP contribution in [0.4, 0.5) is 11.4 Å². The van der Waals surface area contributed by atoms with E-state index in [4.69, 9.17) is 0 Å². The van der Waals surface area contributed by atoms with Crippen LogP contribution in [0.5, 0.6) is 0 Å². The molecule has 2 N–H and O–H groups in total. The van der Waals surface area contributed by atoms with E-state index in [0.717, 1.165) is 4.88 Å². The van der Waals surface area contributed by atoms with Crippen molar-refractivity contribution in [2.45, 2.75) is 11.8 Å². The third-order valence-electron chi connectivity index (χ3n) is 3.45. The largest absolute Gasteiger partial charge is 0.326 e. The van der Waals surface area contributed by atoms with Crippen LogP contribution in [0.15, 0.2) is 70.9 Å². The highest BCUT2D eigenvalue weighted by atomic mass is 32.2. The predicted octanol–water partition coefficient (Wildman–Crippen LogP) is 3.91. The van der Waals surface area contributed by atoms with Gasteiger partial charge in [0.15, 0.2) is 0 Å². The number of benzene rings is 2. The predicted molar refractivity (Wildman–Crippen MR) is 108 cm³/mol. The molecule has 136 valence electrons. The maximum Gasteiger partial charge on any atom is 0.261 e. The molecule has 0 aliphatic heterocycles. The standard InChI is InChI=1S/C20H16N2O3S2/c1-15(23)21-17-8-11-20(12-9-17)27(24,25)22-18-5-2-4-16(14-18)7-10-19-6-3-13-26-19/h2-6,8-9,11-14,22H,1H3,(H,21,23). The van der Waals surface area contributed by atoms with Gasteiger partial charge in [-0.2, -0.15) is 0 Å². The third-order valence-corrected chi connectivity index (χ3v) is 5.63. The number of anilines is 2. The molecule has 0 radical (unpaired) electrons. The van der Waals surface area contributed by atoms with Crippen LogP contribution in [-0.4, -0.2) is 14.3 Å². The highest BCUT2D eigenvalue weighted by molar-refractivity contribution is 7.92. The minimum absolute atomic E-state index is 0.103. The molecule has 0 saturated carbocycles. The minimum atomic E-state index is -3.74. The first-order valence-electron chi connectivity index (χ1n) is 7.98. The molecule has 27 heavy (non-hydrogen) atoms. The van der Waals surface area contributed by atoms with Gasteiger partial charge in [0.05, 0.1) is 15.5 Å². The molecule has 2 aromatic carbocycles. The number of hydrogen-bond acceptors (Lipinski definition) is 4. The number of sulfonamides is 1. The highest BCUT2D eigenvalue weighted by Crippen LogP contribution is 2.19. The van der Waals surface area contributed by atoms with E-state index >= 15 is 0 Å². The van der Waals surface area contributed by atoms with Crippen molar-refractivity contribution < 1.29 is 13.2 Å². The Labute approximate surface area is 162 Å². The Kier molecular flexibility index (Phi) is 5.60. The number of thiophene rings is 1. The summed E-state index contributed by atoms with van der Waals surface area (Å²) in [6, 6.07) is 16.7. The Hall–Kier alpha value is -3.08. The topological polar surface area (TPSA) is 75.3 Å². The highest BCUT2D eigenvalue weighted by Gasteiger charge is 2.14. The molecule has 3 rings (SSSR count). The second-order valence-corrected chi connectivity index (χ2v) is 8.25. The fraction of sp³-hybridized carbons (Fsp3) is 0.0500. The fourth-order valence-electron chi connectivity index (χ4n) is 2.28. The lowest BCUT2D eigenvalue weighted by atomic mass is 10.2. The van der Waals surface area contributed by atoms with Crippen LogP contribution in [0, 0.1) is 11.8 Å². The number of nitrogens with one attached hydrogen (secondary N) is 2. The summed E-state index contributed by atoms with van der Waals surface area (Å²) in [5, 5.41) is 4.55. The summed E-state index contributed by atoms with van der Waals surface area (Å²) < 4.78 is 27.7. The monoisotopic (exact) mass is 396 g/mol. The zero-order chi connectivity index (χ0) is 19.3. The summed E-state index contributed by atoms with van der Waals surface area (Å²) in [4.78, 5) is 12.1. The molecule has 0 spiro atoms. The number of rotatable bonds is 4. The Morgan fingerprint density at radius 1 is 0.963 bits per heavy atom. The molecule has 0 bridgehead atoms. The van der Waals surface area contributed by atoms with Crippen molar-refractivity contribution in [2.75, 3.05) is 10.0 Å². The van der Waals surface area contributed by atoms with Gasteiger partial charge in [0.25, 0.3) is 10.0 Å². The van der Waals surface area contributed by atoms with Gasteiger partial charge < -0.3 is 5.32 Å². The number of carbonyl (C=O) groups is 1. The summed E-state index contributed by atoms with van der Waals surface area (Å²) in [5.74, 6) is 5.85. The van der Waals surface area contributed by atoms with E-state index in [1.54, 1.807) is 41.7 Å². The first-order chi connectivity index (χ1) is 12.9. The van der Waals surface area contributed by atoms with Crippen LogP contribution in [0.3, 0.4) is 0 Å².